The number of hydrogen-bond donors (Lipinski definition) is 1. The van der Waals surface area contributed by atoms with E-state index >= 15 is 0 Å². The largest absolute Gasteiger partial charge is 0.361 e. The average Bonchev–Trinajstić information content (AvgIpc) is 3.30. The lowest BCUT2D eigenvalue weighted by Crippen LogP contribution is -2.52. The lowest BCUT2D eigenvalue weighted by molar-refractivity contribution is -0.537. The van der Waals surface area contributed by atoms with Crippen molar-refractivity contribution in [2.45, 2.75) is 44.9 Å². The van der Waals surface area contributed by atoms with Crippen LogP contribution in [-0.4, -0.2) is 35.0 Å². The molecule has 6 heteroatoms. The van der Waals surface area contributed by atoms with E-state index < -0.39 is 11.8 Å². The highest BCUT2D eigenvalue weighted by molar-refractivity contribution is 5.83. The summed E-state index contributed by atoms with van der Waals surface area (Å²) >= 11 is 0. The number of H-pyrrole nitrogens is 1. The summed E-state index contributed by atoms with van der Waals surface area (Å²) in [7, 11) is 0. The number of aromatic nitrogens is 1. The molecule has 1 spiro atoms. The van der Waals surface area contributed by atoms with Crippen LogP contribution in [0.4, 0.5) is 0 Å². The van der Waals surface area contributed by atoms with Gasteiger partial charge >= 0.3 is 0 Å². The molecule has 4 atom stereocenters. The molecule has 1 saturated heterocycles. The molecule has 0 unspecified atom stereocenters. The van der Waals surface area contributed by atoms with Gasteiger partial charge in [-0.15, -0.1) is 0 Å². The number of nitrogens with zero attached hydrogens (tertiary/aromatic N) is 1. The minimum atomic E-state index is -0.721. The molecule has 0 bridgehead atoms. The zero-order valence-corrected chi connectivity index (χ0v) is 16.5. The molecule has 1 aliphatic heterocycles. The topological polar surface area (TPSA) is 77.4 Å². The number of nitrogens with one attached hydrogen (secondary N) is 1. The lowest BCUT2D eigenvalue weighted by atomic mass is 9.66. The van der Waals surface area contributed by atoms with E-state index in [0.29, 0.717) is 19.6 Å². The Hall–Kier alpha value is -2.18. The molecular formula is C22H28N2O4. The van der Waals surface area contributed by atoms with Gasteiger partial charge in [0, 0.05) is 46.7 Å². The first-order chi connectivity index (χ1) is 13.4. The summed E-state index contributed by atoms with van der Waals surface area (Å²) in [6.45, 7) is 9.28. The molecule has 2 heterocycles. The predicted molar refractivity (Wildman–Crippen MR) is 108 cm³/mol. The number of nitro groups is 1. The van der Waals surface area contributed by atoms with E-state index in [9.17, 15) is 10.1 Å². The maximum Gasteiger partial charge on any atom is 0.220 e. The SMILES string of the molecule is C=C(C)[C@H]1C[C@H]([C@@H](Cc2c[nH]c3ccccc23)[N+](=O)[O-])[C@H](C)C2(C1)OCCO2. The third-order valence-corrected chi connectivity index (χ3v) is 6.77. The second-order valence-corrected chi connectivity index (χ2v) is 8.36. The zero-order chi connectivity index (χ0) is 19.9. The van der Waals surface area contributed by atoms with Crippen LogP contribution >= 0.6 is 0 Å². The van der Waals surface area contributed by atoms with Gasteiger partial charge in [0.2, 0.25) is 6.04 Å². The van der Waals surface area contributed by atoms with E-state index in [2.05, 4.69) is 18.5 Å². The van der Waals surface area contributed by atoms with E-state index in [4.69, 9.17) is 9.47 Å². The van der Waals surface area contributed by atoms with Crippen molar-refractivity contribution in [2.24, 2.45) is 17.8 Å². The van der Waals surface area contributed by atoms with Crippen LogP contribution in [0.5, 0.6) is 0 Å². The monoisotopic (exact) mass is 384 g/mol. The standard InChI is InChI=1S/C22H28N2O4/c1-14(2)16-10-19(15(3)22(12-16)27-8-9-28-22)21(24(25)26)11-17-13-23-20-7-5-4-6-18(17)20/h4-7,13,15-16,19,21,23H,1,8-12H2,2-3H3/t15-,16-,19-,21+/m0/s1. The quantitative estimate of drug-likeness (QED) is 0.473. The number of ether oxygens (including phenoxy) is 2. The number of benzene rings is 1. The first-order valence-electron chi connectivity index (χ1n) is 10.0. The van der Waals surface area contributed by atoms with Crippen LogP contribution in [-0.2, 0) is 15.9 Å². The van der Waals surface area contributed by atoms with Crippen LogP contribution < -0.4 is 0 Å². The van der Waals surface area contributed by atoms with Gasteiger partial charge < -0.3 is 14.5 Å². The van der Waals surface area contributed by atoms with Gasteiger partial charge in [-0.3, -0.25) is 10.1 Å². The van der Waals surface area contributed by atoms with Crippen LogP contribution in [0, 0.1) is 27.9 Å². The van der Waals surface area contributed by atoms with Crippen LogP contribution in [0.15, 0.2) is 42.6 Å². The molecule has 6 nitrogen and oxygen atoms in total. The first kappa shape index (κ1) is 19.2. The molecule has 1 aliphatic carbocycles. The summed E-state index contributed by atoms with van der Waals surface area (Å²) in [6.07, 6.45) is 3.78. The lowest BCUT2D eigenvalue weighted by Gasteiger charge is -2.46. The molecule has 2 aliphatic rings. The maximum absolute atomic E-state index is 12.2. The summed E-state index contributed by atoms with van der Waals surface area (Å²) in [6, 6.07) is 7.25. The van der Waals surface area contributed by atoms with Crippen molar-refractivity contribution in [1.29, 1.82) is 0 Å². The van der Waals surface area contributed by atoms with E-state index in [1.54, 1.807) is 0 Å². The van der Waals surface area contributed by atoms with Crippen molar-refractivity contribution in [3.63, 3.8) is 0 Å². The van der Waals surface area contributed by atoms with Crippen molar-refractivity contribution >= 4 is 10.9 Å². The van der Waals surface area contributed by atoms with Crippen LogP contribution in [0.1, 0.15) is 32.3 Å². The molecule has 4 rings (SSSR count). The van der Waals surface area contributed by atoms with Crippen LogP contribution in [0.2, 0.25) is 0 Å². The van der Waals surface area contributed by atoms with Crippen molar-refractivity contribution in [1.82, 2.24) is 4.98 Å². The van der Waals surface area contributed by atoms with E-state index in [0.717, 1.165) is 34.9 Å². The molecule has 1 N–H and O–H groups in total. The second-order valence-electron chi connectivity index (χ2n) is 8.36. The van der Waals surface area contributed by atoms with Gasteiger partial charge in [-0.05, 0) is 30.9 Å². The summed E-state index contributed by atoms with van der Waals surface area (Å²) in [5, 5.41) is 13.2. The Balaban J connectivity index is 1.67. The molecule has 1 saturated carbocycles. The Morgan fingerprint density at radius 3 is 2.79 bits per heavy atom. The molecule has 1 aromatic heterocycles. The summed E-state index contributed by atoms with van der Waals surface area (Å²) in [4.78, 5) is 15.3. The number of para-hydroxylation sites is 1. The fourth-order valence-electron chi connectivity index (χ4n) is 5.10. The summed E-state index contributed by atoms with van der Waals surface area (Å²) in [5.74, 6) is -0.741. The third kappa shape index (κ3) is 3.25. The maximum atomic E-state index is 12.2. The van der Waals surface area contributed by atoms with Gasteiger partial charge in [0.1, 0.15) is 0 Å². The highest BCUT2D eigenvalue weighted by Crippen LogP contribution is 2.49. The Morgan fingerprint density at radius 2 is 2.11 bits per heavy atom. The van der Waals surface area contributed by atoms with Gasteiger partial charge in [-0.25, -0.2) is 0 Å². The second kappa shape index (κ2) is 7.33. The van der Waals surface area contributed by atoms with E-state index in [1.807, 2.05) is 37.4 Å². The van der Waals surface area contributed by atoms with Crippen molar-refractivity contribution < 1.29 is 14.4 Å². The Morgan fingerprint density at radius 1 is 1.39 bits per heavy atom. The first-order valence-corrected chi connectivity index (χ1v) is 10.0. The van der Waals surface area contributed by atoms with Gasteiger partial charge in [-0.2, -0.15) is 0 Å². The minimum Gasteiger partial charge on any atom is -0.361 e. The number of aromatic amines is 1. The molecule has 1 aromatic carbocycles. The summed E-state index contributed by atoms with van der Waals surface area (Å²) in [5.41, 5.74) is 3.05. The fourth-order valence-corrected chi connectivity index (χ4v) is 5.10. The molecular weight excluding hydrogens is 356 g/mol. The normalized spacial score (nSPS) is 27.9. The van der Waals surface area contributed by atoms with Crippen LogP contribution in [0.25, 0.3) is 10.9 Å². The zero-order valence-electron chi connectivity index (χ0n) is 16.5. The van der Waals surface area contributed by atoms with E-state index in [1.165, 1.54) is 0 Å². The molecule has 2 fully saturated rings. The molecule has 0 amide bonds. The highest BCUT2D eigenvalue weighted by atomic mass is 16.7. The molecule has 150 valence electrons. The number of allylic oxidation sites excluding steroid dienone is 1. The number of fused-ring (bicyclic) bond motifs is 1. The molecule has 28 heavy (non-hydrogen) atoms. The van der Waals surface area contributed by atoms with Crippen molar-refractivity contribution in [2.75, 3.05) is 13.2 Å². The van der Waals surface area contributed by atoms with Gasteiger partial charge in [0.15, 0.2) is 5.79 Å². The van der Waals surface area contributed by atoms with Crippen molar-refractivity contribution in [3.05, 3.63) is 58.3 Å². The van der Waals surface area contributed by atoms with E-state index in [-0.39, 0.29) is 22.7 Å². The van der Waals surface area contributed by atoms with Gasteiger partial charge in [0.25, 0.3) is 0 Å². The van der Waals surface area contributed by atoms with Gasteiger partial charge in [-0.1, -0.05) is 37.3 Å². The fraction of sp³-hybridized carbons (Fsp3) is 0.545. The number of hydrogen-bond acceptors (Lipinski definition) is 4. The molecule has 0 radical (unpaired) electrons. The number of rotatable bonds is 5. The summed E-state index contributed by atoms with van der Waals surface area (Å²) < 4.78 is 12.1. The highest BCUT2D eigenvalue weighted by Gasteiger charge is 2.55. The Labute approximate surface area is 165 Å². The van der Waals surface area contributed by atoms with Crippen molar-refractivity contribution in [3.8, 4) is 0 Å². The van der Waals surface area contributed by atoms with Gasteiger partial charge in [0.05, 0.1) is 13.2 Å². The Bertz CT molecular complexity index is 884. The van der Waals surface area contributed by atoms with Crippen LogP contribution in [0.3, 0.4) is 0 Å². The Kier molecular flexibility index (Phi) is 5.02. The molecule has 2 aromatic rings. The smallest absolute Gasteiger partial charge is 0.220 e. The third-order valence-electron chi connectivity index (χ3n) is 6.77. The average molecular weight is 384 g/mol. The predicted octanol–water partition coefficient (Wildman–Crippen LogP) is 4.34. The minimum absolute atomic E-state index is 0.0498.